The van der Waals surface area contributed by atoms with Crippen LogP contribution in [0.15, 0.2) is 66.7 Å². The first-order chi connectivity index (χ1) is 14.4. The molecular weight excluding hydrogens is 388 g/mol. The number of carbonyl (C=O) groups is 2. The van der Waals surface area contributed by atoms with E-state index >= 15 is 0 Å². The molecular formula is C23H21F2N3O2. The van der Waals surface area contributed by atoms with Crippen molar-refractivity contribution in [3.63, 3.8) is 0 Å². The lowest BCUT2D eigenvalue weighted by molar-refractivity contribution is -0.114. The van der Waals surface area contributed by atoms with Crippen molar-refractivity contribution < 1.29 is 18.4 Å². The number of nitrogens with one attached hydrogen (secondary N) is 3. The Morgan fingerprint density at radius 2 is 1.63 bits per heavy atom. The third-order valence-electron chi connectivity index (χ3n) is 4.39. The summed E-state index contributed by atoms with van der Waals surface area (Å²) in [6.07, 6.45) is 0. The second-order valence-corrected chi connectivity index (χ2v) is 6.74. The smallest absolute Gasteiger partial charge is 0.253 e. The van der Waals surface area contributed by atoms with Gasteiger partial charge in [0.05, 0.1) is 12.1 Å². The Balaban J connectivity index is 1.58. The molecule has 5 nitrogen and oxygen atoms in total. The van der Waals surface area contributed by atoms with Gasteiger partial charge >= 0.3 is 0 Å². The summed E-state index contributed by atoms with van der Waals surface area (Å²) in [5.41, 5.74) is 3.14. The first-order valence-electron chi connectivity index (χ1n) is 9.34. The molecule has 0 atom stereocenters. The number of carbonyl (C=O) groups excluding carboxylic acids is 2. The highest BCUT2D eigenvalue weighted by molar-refractivity contribution is 6.00. The molecule has 30 heavy (non-hydrogen) atoms. The minimum atomic E-state index is -1.05. The van der Waals surface area contributed by atoms with Gasteiger partial charge in [0.2, 0.25) is 5.91 Å². The van der Waals surface area contributed by atoms with Crippen LogP contribution in [0.1, 0.15) is 21.5 Å². The van der Waals surface area contributed by atoms with Crippen LogP contribution < -0.4 is 16.0 Å². The van der Waals surface area contributed by atoms with Gasteiger partial charge in [0, 0.05) is 24.0 Å². The highest BCUT2D eigenvalue weighted by atomic mass is 19.2. The fourth-order valence-corrected chi connectivity index (χ4v) is 2.77. The van der Waals surface area contributed by atoms with Gasteiger partial charge in [0.15, 0.2) is 11.6 Å². The minimum absolute atomic E-state index is 0.143. The van der Waals surface area contributed by atoms with Crippen molar-refractivity contribution in [2.45, 2.75) is 13.5 Å². The predicted molar refractivity (Wildman–Crippen MR) is 112 cm³/mol. The Kier molecular flexibility index (Phi) is 6.75. The first kappa shape index (κ1) is 21.0. The highest BCUT2D eigenvalue weighted by Gasteiger charge is 2.12. The third-order valence-corrected chi connectivity index (χ3v) is 4.39. The van der Waals surface area contributed by atoms with Gasteiger partial charge in [0.25, 0.3) is 5.91 Å². The summed E-state index contributed by atoms with van der Waals surface area (Å²) in [5.74, 6) is -2.77. The fraction of sp³-hybridized carbons (Fsp3) is 0.130. The molecule has 0 unspecified atom stereocenters. The van der Waals surface area contributed by atoms with Crippen LogP contribution in [-0.4, -0.2) is 18.4 Å². The molecule has 0 spiro atoms. The molecule has 0 saturated heterocycles. The predicted octanol–water partition coefficient (Wildman–Crippen LogP) is 4.25. The number of hydrogen-bond acceptors (Lipinski definition) is 3. The number of para-hydroxylation sites is 1. The average Bonchev–Trinajstić information content (AvgIpc) is 2.74. The summed E-state index contributed by atoms with van der Waals surface area (Å²) in [6.45, 7) is 2.22. The van der Waals surface area contributed by atoms with Crippen molar-refractivity contribution >= 4 is 23.2 Å². The van der Waals surface area contributed by atoms with Crippen molar-refractivity contribution in [3.8, 4) is 0 Å². The summed E-state index contributed by atoms with van der Waals surface area (Å²) in [6, 6.07) is 17.8. The van der Waals surface area contributed by atoms with E-state index in [-0.39, 0.29) is 18.1 Å². The maximum Gasteiger partial charge on any atom is 0.253 e. The number of benzene rings is 3. The summed E-state index contributed by atoms with van der Waals surface area (Å²) in [5, 5.41) is 8.23. The van der Waals surface area contributed by atoms with Gasteiger partial charge in [-0.15, -0.1) is 0 Å². The molecule has 3 N–H and O–H groups in total. The zero-order chi connectivity index (χ0) is 21.5. The number of anilines is 2. The van der Waals surface area contributed by atoms with E-state index in [0.717, 1.165) is 23.3 Å². The lowest BCUT2D eigenvalue weighted by Gasteiger charge is -2.13. The van der Waals surface area contributed by atoms with Crippen LogP contribution in [0.2, 0.25) is 0 Å². The van der Waals surface area contributed by atoms with Crippen molar-refractivity contribution in [1.29, 1.82) is 0 Å². The second-order valence-electron chi connectivity index (χ2n) is 6.74. The molecule has 7 heteroatoms. The molecule has 0 aliphatic heterocycles. The topological polar surface area (TPSA) is 70.2 Å². The quantitative estimate of drug-likeness (QED) is 0.546. The molecule has 0 aromatic heterocycles. The van der Waals surface area contributed by atoms with Crippen LogP contribution in [0.25, 0.3) is 0 Å². The molecule has 0 fully saturated rings. The van der Waals surface area contributed by atoms with Crippen LogP contribution in [0, 0.1) is 18.6 Å². The van der Waals surface area contributed by atoms with Crippen LogP contribution >= 0.6 is 0 Å². The summed E-state index contributed by atoms with van der Waals surface area (Å²) in [7, 11) is 0. The van der Waals surface area contributed by atoms with Crippen molar-refractivity contribution in [2.24, 2.45) is 0 Å². The summed E-state index contributed by atoms with van der Waals surface area (Å²) < 4.78 is 26.2. The van der Waals surface area contributed by atoms with E-state index in [0.29, 0.717) is 17.8 Å². The lowest BCUT2D eigenvalue weighted by Crippen LogP contribution is -2.26. The monoisotopic (exact) mass is 409 g/mol. The molecule has 2 amide bonds. The zero-order valence-electron chi connectivity index (χ0n) is 16.3. The molecule has 0 aliphatic rings. The van der Waals surface area contributed by atoms with E-state index in [9.17, 15) is 18.4 Å². The van der Waals surface area contributed by atoms with Gasteiger partial charge in [-0.25, -0.2) is 8.78 Å². The fourth-order valence-electron chi connectivity index (χ4n) is 2.77. The van der Waals surface area contributed by atoms with E-state index in [1.165, 1.54) is 6.07 Å². The van der Waals surface area contributed by atoms with Crippen molar-refractivity contribution in [1.82, 2.24) is 5.32 Å². The molecule has 0 bridgehead atoms. The SMILES string of the molecule is Cc1ccc(CNC(=O)c2ccccc2NCC(=O)Nc2ccc(F)c(F)c2)cc1. The van der Waals surface area contributed by atoms with Crippen LogP contribution in [0.5, 0.6) is 0 Å². The maximum absolute atomic E-state index is 13.3. The Morgan fingerprint density at radius 3 is 2.37 bits per heavy atom. The largest absolute Gasteiger partial charge is 0.376 e. The first-order valence-corrected chi connectivity index (χ1v) is 9.34. The van der Waals surface area contributed by atoms with Crippen molar-refractivity contribution in [3.05, 3.63) is 95.1 Å². The average molecular weight is 409 g/mol. The van der Waals surface area contributed by atoms with E-state index in [4.69, 9.17) is 0 Å². The minimum Gasteiger partial charge on any atom is -0.376 e. The lowest BCUT2D eigenvalue weighted by atomic mass is 10.1. The van der Waals surface area contributed by atoms with E-state index < -0.39 is 17.5 Å². The number of rotatable bonds is 7. The maximum atomic E-state index is 13.3. The molecule has 0 aliphatic carbocycles. The van der Waals surface area contributed by atoms with Gasteiger partial charge in [-0.1, -0.05) is 42.0 Å². The Hall–Kier alpha value is -3.74. The van der Waals surface area contributed by atoms with E-state index in [1.54, 1.807) is 24.3 Å². The molecule has 154 valence electrons. The Labute approximate surface area is 173 Å². The van der Waals surface area contributed by atoms with Gasteiger partial charge < -0.3 is 16.0 Å². The van der Waals surface area contributed by atoms with Crippen LogP contribution in [0.4, 0.5) is 20.2 Å². The van der Waals surface area contributed by atoms with Gasteiger partial charge in [-0.3, -0.25) is 9.59 Å². The van der Waals surface area contributed by atoms with Crippen LogP contribution in [0.3, 0.4) is 0 Å². The van der Waals surface area contributed by atoms with Crippen molar-refractivity contribution in [2.75, 3.05) is 17.2 Å². The third kappa shape index (κ3) is 5.64. The molecule has 0 heterocycles. The summed E-state index contributed by atoms with van der Waals surface area (Å²) >= 11 is 0. The van der Waals surface area contributed by atoms with Gasteiger partial charge in [0.1, 0.15) is 0 Å². The Morgan fingerprint density at radius 1 is 0.900 bits per heavy atom. The number of hydrogen-bond donors (Lipinski definition) is 3. The zero-order valence-corrected chi connectivity index (χ0v) is 16.3. The standard InChI is InChI=1S/C23H21F2N3O2/c1-15-6-8-16(9-7-15)13-27-23(30)18-4-2-3-5-21(18)26-14-22(29)28-17-10-11-19(24)20(25)12-17/h2-12,26H,13-14H2,1H3,(H,27,30)(H,28,29). The van der Waals surface area contributed by atoms with Gasteiger partial charge in [-0.2, -0.15) is 0 Å². The Bertz CT molecular complexity index is 1050. The van der Waals surface area contributed by atoms with E-state index in [2.05, 4.69) is 16.0 Å². The molecule has 0 radical (unpaired) electrons. The highest BCUT2D eigenvalue weighted by Crippen LogP contribution is 2.16. The summed E-state index contributed by atoms with van der Waals surface area (Å²) in [4.78, 5) is 24.7. The normalized spacial score (nSPS) is 10.4. The molecule has 3 aromatic carbocycles. The van der Waals surface area contributed by atoms with Gasteiger partial charge in [-0.05, 0) is 36.8 Å². The van der Waals surface area contributed by atoms with E-state index in [1.807, 2.05) is 31.2 Å². The number of amides is 2. The van der Waals surface area contributed by atoms with Crippen LogP contribution in [-0.2, 0) is 11.3 Å². The molecule has 0 saturated carbocycles. The number of aryl methyl sites for hydroxylation is 1. The number of halogens is 2. The molecule has 3 aromatic rings. The molecule has 3 rings (SSSR count). The second kappa shape index (κ2) is 9.65.